The Kier molecular flexibility index (Phi) is 3.18. The molecule has 98 valence electrons. The largest absolute Gasteiger partial charge is 0.337 e. The number of rotatable bonds is 2. The molecule has 0 aromatic carbocycles. The molecule has 3 rings (SSSR count). The van der Waals surface area contributed by atoms with Gasteiger partial charge in [-0.3, -0.25) is 9.78 Å². The standard InChI is InChI=1S/C12H14N6O/c19-12(11-9-13-3-4-14-11)17-6-1-10(2-7-17)18-8-5-15-16-18/h3-5,8-10H,1-2,6-7H2. The second-order valence-corrected chi connectivity index (χ2v) is 4.50. The Morgan fingerprint density at radius 1 is 1.21 bits per heavy atom. The van der Waals surface area contributed by atoms with Crippen molar-refractivity contribution in [3.05, 3.63) is 36.7 Å². The molecular weight excluding hydrogens is 244 g/mol. The van der Waals surface area contributed by atoms with E-state index in [1.165, 1.54) is 12.4 Å². The van der Waals surface area contributed by atoms with Crippen LogP contribution in [0.15, 0.2) is 31.0 Å². The summed E-state index contributed by atoms with van der Waals surface area (Å²) in [5.74, 6) is -0.0508. The van der Waals surface area contributed by atoms with Gasteiger partial charge in [0.15, 0.2) is 0 Å². The average molecular weight is 258 g/mol. The molecule has 19 heavy (non-hydrogen) atoms. The van der Waals surface area contributed by atoms with E-state index in [0.29, 0.717) is 24.8 Å². The van der Waals surface area contributed by atoms with Crippen LogP contribution in [-0.4, -0.2) is 48.9 Å². The summed E-state index contributed by atoms with van der Waals surface area (Å²) in [4.78, 5) is 22.0. The predicted octanol–water partition coefficient (Wildman–Crippen LogP) is 0.545. The lowest BCUT2D eigenvalue weighted by Gasteiger charge is -2.31. The van der Waals surface area contributed by atoms with Crippen molar-refractivity contribution in [1.82, 2.24) is 29.9 Å². The van der Waals surface area contributed by atoms with E-state index in [1.54, 1.807) is 12.4 Å². The van der Waals surface area contributed by atoms with Crippen LogP contribution in [0.1, 0.15) is 29.4 Å². The summed E-state index contributed by atoms with van der Waals surface area (Å²) >= 11 is 0. The van der Waals surface area contributed by atoms with Gasteiger partial charge in [0.1, 0.15) is 5.69 Å². The summed E-state index contributed by atoms with van der Waals surface area (Å²) in [6, 6.07) is 0.327. The monoisotopic (exact) mass is 258 g/mol. The molecule has 0 unspecified atom stereocenters. The van der Waals surface area contributed by atoms with E-state index in [1.807, 2.05) is 15.8 Å². The van der Waals surface area contributed by atoms with Crippen LogP contribution in [0.25, 0.3) is 0 Å². The van der Waals surface area contributed by atoms with E-state index >= 15 is 0 Å². The minimum atomic E-state index is -0.0508. The maximum absolute atomic E-state index is 12.2. The second-order valence-electron chi connectivity index (χ2n) is 4.50. The molecular formula is C12H14N6O. The fourth-order valence-corrected chi connectivity index (χ4v) is 2.32. The average Bonchev–Trinajstić information content (AvgIpc) is 3.02. The van der Waals surface area contributed by atoms with Crippen molar-refractivity contribution in [1.29, 1.82) is 0 Å². The molecule has 0 bridgehead atoms. The van der Waals surface area contributed by atoms with E-state index in [-0.39, 0.29) is 5.91 Å². The summed E-state index contributed by atoms with van der Waals surface area (Å²) in [6.45, 7) is 1.42. The molecule has 2 aromatic heterocycles. The summed E-state index contributed by atoms with van der Waals surface area (Å²) in [7, 11) is 0. The quantitative estimate of drug-likeness (QED) is 0.786. The molecule has 1 fully saturated rings. The molecule has 1 aliphatic heterocycles. The third kappa shape index (κ3) is 2.44. The lowest BCUT2D eigenvalue weighted by molar-refractivity contribution is 0.0683. The van der Waals surface area contributed by atoms with E-state index in [0.717, 1.165) is 12.8 Å². The molecule has 0 N–H and O–H groups in total. The number of nitrogens with zero attached hydrogens (tertiary/aromatic N) is 6. The van der Waals surface area contributed by atoms with Crippen molar-refractivity contribution in [2.75, 3.05) is 13.1 Å². The number of amides is 1. The number of hydrogen-bond acceptors (Lipinski definition) is 5. The van der Waals surface area contributed by atoms with E-state index in [2.05, 4.69) is 20.3 Å². The number of piperidine rings is 1. The van der Waals surface area contributed by atoms with Crippen LogP contribution in [0, 0.1) is 0 Å². The van der Waals surface area contributed by atoms with Crippen LogP contribution in [0.3, 0.4) is 0 Å². The van der Waals surface area contributed by atoms with Gasteiger partial charge < -0.3 is 4.90 Å². The molecule has 1 amide bonds. The SMILES string of the molecule is O=C(c1cnccn1)N1CCC(n2ccnn2)CC1. The molecule has 1 saturated heterocycles. The van der Waals surface area contributed by atoms with Crippen LogP contribution in [0.4, 0.5) is 0 Å². The minimum absolute atomic E-state index is 0.0508. The second kappa shape index (κ2) is 5.13. The Balaban J connectivity index is 1.63. The smallest absolute Gasteiger partial charge is 0.274 e. The first-order chi connectivity index (χ1) is 9.34. The number of hydrogen-bond donors (Lipinski definition) is 0. The molecule has 7 nitrogen and oxygen atoms in total. The van der Waals surface area contributed by atoms with Crippen LogP contribution in [-0.2, 0) is 0 Å². The van der Waals surface area contributed by atoms with Crippen LogP contribution in [0.2, 0.25) is 0 Å². The van der Waals surface area contributed by atoms with Gasteiger partial charge in [-0.25, -0.2) is 9.67 Å². The molecule has 0 atom stereocenters. The van der Waals surface area contributed by atoms with Gasteiger partial charge in [-0.05, 0) is 12.8 Å². The first-order valence-electron chi connectivity index (χ1n) is 6.25. The van der Waals surface area contributed by atoms with Crippen LogP contribution < -0.4 is 0 Å². The van der Waals surface area contributed by atoms with Gasteiger partial charge in [-0.2, -0.15) is 0 Å². The fourth-order valence-electron chi connectivity index (χ4n) is 2.32. The van der Waals surface area contributed by atoms with Gasteiger partial charge in [-0.15, -0.1) is 5.10 Å². The molecule has 0 saturated carbocycles. The van der Waals surface area contributed by atoms with E-state index in [4.69, 9.17) is 0 Å². The van der Waals surface area contributed by atoms with Crippen molar-refractivity contribution in [3.8, 4) is 0 Å². The molecule has 0 spiro atoms. The van der Waals surface area contributed by atoms with Gasteiger partial charge in [-0.1, -0.05) is 5.21 Å². The molecule has 0 aliphatic carbocycles. The summed E-state index contributed by atoms with van der Waals surface area (Å²) in [5, 5.41) is 7.82. The van der Waals surface area contributed by atoms with Gasteiger partial charge in [0.25, 0.3) is 5.91 Å². The number of likely N-dealkylation sites (tertiary alicyclic amines) is 1. The Labute approximate surface area is 110 Å². The number of aromatic nitrogens is 5. The number of carbonyl (C=O) groups is 1. The Morgan fingerprint density at radius 3 is 2.68 bits per heavy atom. The maximum atomic E-state index is 12.2. The molecule has 2 aromatic rings. The Bertz CT molecular complexity index is 533. The molecule has 1 aliphatic rings. The first kappa shape index (κ1) is 11.8. The Hall–Kier alpha value is -2.31. The summed E-state index contributed by atoms with van der Waals surface area (Å²) < 4.78 is 1.87. The molecule has 7 heteroatoms. The lowest BCUT2D eigenvalue weighted by Crippen LogP contribution is -2.39. The minimum Gasteiger partial charge on any atom is -0.337 e. The third-order valence-electron chi connectivity index (χ3n) is 3.35. The van der Waals surface area contributed by atoms with Crippen molar-refractivity contribution in [2.24, 2.45) is 0 Å². The van der Waals surface area contributed by atoms with Crippen molar-refractivity contribution < 1.29 is 4.79 Å². The van der Waals surface area contributed by atoms with E-state index < -0.39 is 0 Å². The van der Waals surface area contributed by atoms with Crippen LogP contribution in [0.5, 0.6) is 0 Å². The number of carbonyl (C=O) groups excluding carboxylic acids is 1. The van der Waals surface area contributed by atoms with Crippen molar-refractivity contribution in [3.63, 3.8) is 0 Å². The van der Waals surface area contributed by atoms with Gasteiger partial charge in [0, 0.05) is 31.7 Å². The molecule has 0 radical (unpaired) electrons. The highest BCUT2D eigenvalue weighted by atomic mass is 16.2. The predicted molar refractivity (Wildman–Crippen MR) is 66.2 cm³/mol. The maximum Gasteiger partial charge on any atom is 0.274 e. The van der Waals surface area contributed by atoms with Gasteiger partial charge in [0.2, 0.25) is 0 Å². The highest BCUT2D eigenvalue weighted by Gasteiger charge is 2.25. The summed E-state index contributed by atoms with van der Waals surface area (Å²) in [5.41, 5.74) is 0.404. The fraction of sp³-hybridized carbons (Fsp3) is 0.417. The highest BCUT2D eigenvalue weighted by Crippen LogP contribution is 2.21. The van der Waals surface area contributed by atoms with Crippen LogP contribution >= 0.6 is 0 Å². The first-order valence-corrected chi connectivity index (χ1v) is 6.25. The normalized spacial score (nSPS) is 16.5. The zero-order valence-corrected chi connectivity index (χ0v) is 10.4. The van der Waals surface area contributed by atoms with Crippen molar-refractivity contribution in [2.45, 2.75) is 18.9 Å². The zero-order chi connectivity index (χ0) is 13.1. The topological polar surface area (TPSA) is 76.8 Å². The highest BCUT2D eigenvalue weighted by molar-refractivity contribution is 5.92. The van der Waals surface area contributed by atoms with Gasteiger partial charge >= 0.3 is 0 Å². The molecule has 3 heterocycles. The zero-order valence-electron chi connectivity index (χ0n) is 10.4. The summed E-state index contributed by atoms with van der Waals surface area (Å²) in [6.07, 6.45) is 9.92. The lowest BCUT2D eigenvalue weighted by atomic mass is 10.1. The van der Waals surface area contributed by atoms with Crippen molar-refractivity contribution >= 4 is 5.91 Å². The van der Waals surface area contributed by atoms with E-state index in [9.17, 15) is 4.79 Å². The third-order valence-corrected chi connectivity index (χ3v) is 3.35. The Morgan fingerprint density at radius 2 is 2.05 bits per heavy atom. The van der Waals surface area contributed by atoms with Gasteiger partial charge in [0.05, 0.1) is 18.4 Å².